The lowest BCUT2D eigenvalue weighted by molar-refractivity contribution is 0.0709. The molecule has 0 unspecified atom stereocenters. The van der Waals surface area contributed by atoms with Gasteiger partial charge in [0.15, 0.2) is 5.82 Å². The van der Waals surface area contributed by atoms with E-state index in [-0.39, 0.29) is 29.7 Å². The molecule has 186 valence electrons. The van der Waals surface area contributed by atoms with E-state index in [1.165, 1.54) is 6.20 Å². The van der Waals surface area contributed by atoms with Gasteiger partial charge in [-0.15, -0.1) is 0 Å². The minimum atomic E-state index is -0.324. The Kier molecular flexibility index (Phi) is 6.92. The van der Waals surface area contributed by atoms with Crippen LogP contribution in [0.15, 0.2) is 60.9 Å². The monoisotopic (exact) mass is 506 g/mol. The molecule has 6 nitrogen and oxygen atoms in total. The maximum atomic E-state index is 14.1. The molecule has 36 heavy (non-hydrogen) atoms. The van der Waals surface area contributed by atoms with Gasteiger partial charge in [-0.2, -0.15) is 0 Å². The van der Waals surface area contributed by atoms with Crippen LogP contribution < -0.4 is 10.2 Å². The summed E-state index contributed by atoms with van der Waals surface area (Å²) in [5.41, 5.74) is 3.74. The first kappa shape index (κ1) is 24.3. The lowest BCUT2D eigenvalue weighted by Gasteiger charge is -2.38. The number of carbonyl (C=O) groups excluding carboxylic acids is 2. The van der Waals surface area contributed by atoms with Crippen molar-refractivity contribution < 1.29 is 14.0 Å². The Morgan fingerprint density at radius 2 is 1.89 bits per heavy atom. The third-order valence-corrected chi connectivity index (χ3v) is 7.65. The molecule has 0 spiro atoms. The number of fused-ring (bicyclic) bond motifs is 1. The van der Waals surface area contributed by atoms with Crippen molar-refractivity contribution >= 4 is 29.1 Å². The number of carbonyl (C=O) groups is 2. The van der Waals surface area contributed by atoms with Crippen LogP contribution in [0.5, 0.6) is 0 Å². The van der Waals surface area contributed by atoms with Gasteiger partial charge >= 0.3 is 0 Å². The number of pyridine rings is 1. The molecule has 0 bridgehead atoms. The summed E-state index contributed by atoms with van der Waals surface area (Å²) in [4.78, 5) is 33.8. The summed E-state index contributed by atoms with van der Waals surface area (Å²) >= 11 is 6.20. The molecular formula is C28H28ClFN4O2. The van der Waals surface area contributed by atoms with Gasteiger partial charge in [0, 0.05) is 37.9 Å². The number of aryl methyl sites for hydroxylation is 1. The van der Waals surface area contributed by atoms with E-state index in [9.17, 15) is 14.0 Å². The van der Waals surface area contributed by atoms with Gasteiger partial charge in [-0.1, -0.05) is 29.8 Å². The standard InChI is InChI=1S/C28H28ClFN4O2/c1-33(20-11-14-34(15-12-20)26-10-13-31-17-24(26)30)28(36)19-7-6-18-8-9-25(22(18)16-19)32-27(35)21-4-2-3-5-23(21)29/h2-7,10,13,16-17,20,25H,8-9,11-12,14-15H2,1H3,(H,32,35)/t25-/m1/s1. The summed E-state index contributed by atoms with van der Waals surface area (Å²) in [5, 5.41) is 3.50. The van der Waals surface area contributed by atoms with Crippen LogP contribution in [0.25, 0.3) is 0 Å². The van der Waals surface area contributed by atoms with E-state index in [0.717, 1.165) is 36.8 Å². The highest BCUT2D eigenvalue weighted by Crippen LogP contribution is 2.33. The van der Waals surface area contributed by atoms with Crippen LogP contribution in [0.2, 0.25) is 5.02 Å². The smallest absolute Gasteiger partial charge is 0.253 e. The van der Waals surface area contributed by atoms with Gasteiger partial charge in [-0.25, -0.2) is 4.39 Å². The van der Waals surface area contributed by atoms with Gasteiger partial charge in [0.05, 0.1) is 28.5 Å². The molecule has 3 aromatic rings. The van der Waals surface area contributed by atoms with E-state index in [0.29, 0.717) is 34.9 Å². The number of rotatable bonds is 5. The van der Waals surface area contributed by atoms with Crippen molar-refractivity contribution in [3.63, 3.8) is 0 Å². The summed E-state index contributed by atoms with van der Waals surface area (Å²) in [5.74, 6) is -0.589. The van der Waals surface area contributed by atoms with Crippen molar-refractivity contribution in [1.82, 2.24) is 15.2 Å². The largest absolute Gasteiger partial charge is 0.369 e. The van der Waals surface area contributed by atoms with Crippen LogP contribution in [-0.2, 0) is 6.42 Å². The molecule has 8 heteroatoms. The molecule has 1 N–H and O–H groups in total. The number of hydrogen-bond donors (Lipinski definition) is 1. The molecule has 2 heterocycles. The highest BCUT2D eigenvalue weighted by molar-refractivity contribution is 6.33. The average Bonchev–Trinajstić information content (AvgIpc) is 3.30. The Morgan fingerprint density at radius 3 is 2.64 bits per heavy atom. The molecule has 1 aliphatic heterocycles. The molecule has 2 aromatic carbocycles. The fourth-order valence-corrected chi connectivity index (χ4v) is 5.48. The Morgan fingerprint density at radius 1 is 1.11 bits per heavy atom. The third kappa shape index (κ3) is 4.80. The normalized spacial score (nSPS) is 17.5. The van der Waals surface area contributed by atoms with E-state index in [1.54, 1.807) is 41.4 Å². The molecule has 0 radical (unpaired) electrons. The van der Waals surface area contributed by atoms with Gasteiger partial charge in [0.25, 0.3) is 11.8 Å². The first-order valence-electron chi connectivity index (χ1n) is 12.2. The highest BCUT2D eigenvalue weighted by atomic mass is 35.5. The molecule has 1 aromatic heterocycles. The molecule has 1 saturated heterocycles. The summed E-state index contributed by atoms with van der Waals surface area (Å²) in [6.45, 7) is 1.34. The van der Waals surface area contributed by atoms with Gasteiger partial charge in [-0.3, -0.25) is 14.6 Å². The Labute approximate surface area is 215 Å². The fraction of sp³-hybridized carbons (Fsp3) is 0.321. The maximum absolute atomic E-state index is 14.1. The highest BCUT2D eigenvalue weighted by Gasteiger charge is 2.30. The molecule has 1 fully saturated rings. The summed E-state index contributed by atoms with van der Waals surface area (Å²) in [7, 11) is 1.83. The molecule has 5 rings (SSSR count). The van der Waals surface area contributed by atoms with Crippen LogP contribution in [0, 0.1) is 5.82 Å². The second-order valence-corrected chi connectivity index (χ2v) is 9.83. The number of benzene rings is 2. The molecule has 2 aliphatic rings. The first-order chi connectivity index (χ1) is 17.4. The number of halogens is 2. The van der Waals surface area contributed by atoms with Gasteiger partial charge in [-0.05, 0) is 67.1 Å². The second-order valence-electron chi connectivity index (χ2n) is 9.42. The predicted molar refractivity (Wildman–Crippen MR) is 138 cm³/mol. The zero-order chi connectivity index (χ0) is 25.2. The lowest BCUT2D eigenvalue weighted by atomic mass is 10.00. The SMILES string of the molecule is CN(C(=O)c1ccc2c(c1)[C@H](NC(=O)c1ccccc1Cl)CC2)C1CCN(c2ccncc2F)CC1. The topological polar surface area (TPSA) is 65.5 Å². The van der Waals surface area contributed by atoms with Crippen molar-refractivity contribution in [2.75, 3.05) is 25.0 Å². The first-order valence-corrected chi connectivity index (χ1v) is 12.6. The second kappa shape index (κ2) is 10.3. The number of piperidine rings is 1. The minimum Gasteiger partial charge on any atom is -0.369 e. The van der Waals surface area contributed by atoms with E-state index < -0.39 is 0 Å². The Balaban J connectivity index is 1.25. The molecule has 1 atom stereocenters. The summed E-state index contributed by atoms with van der Waals surface area (Å²) < 4.78 is 14.1. The summed E-state index contributed by atoms with van der Waals surface area (Å²) in [6, 6.07) is 14.4. The molecular weight excluding hydrogens is 479 g/mol. The minimum absolute atomic E-state index is 0.0468. The van der Waals surface area contributed by atoms with Gasteiger partial charge in [0.2, 0.25) is 0 Å². The Bertz CT molecular complexity index is 1290. The predicted octanol–water partition coefficient (Wildman–Crippen LogP) is 5.03. The Hall–Kier alpha value is -3.45. The quantitative estimate of drug-likeness (QED) is 0.527. The number of nitrogens with zero attached hydrogens (tertiary/aromatic N) is 3. The van der Waals surface area contributed by atoms with Gasteiger partial charge in [0.1, 0.15) is 0 Å². The van der Waals surface area contributed by atoms with Crippen molar-refractivity contribution in [3.05, 3.63) is 94.0 Å². The molecule has 0 saturated carbocycles. The maximum Gasteiger partial charge on any atom is 0.253 e. The van der Waals surface area contributed by atoms with Crippen LogP contribution >= 0.6 is 11.6 Å². The number of aromatic nitrogens is 1. The third-order valence-electron chi connectivity index (χ3n) is 7.32. The van der Waals surface area contributed by atoms with Crippen LogP contribution in [-0.4, -0.2) is 47.9 Å². The van der Waals surface area contributed by atoms with Crippen molar-refractivity contribution in [2.24, 2.45) is 0 Å². The molecule has 2 amide bonds. The number of anilines is 1. The van der Waals surface area contributed by atoms with Crippen LogP contribution in [0.4, 0.5) is 10.1 Å². The van der Waals surface area contributed by atoms with E-state index >= 15 is 0 Å². The van der Waals surface area contributed by atoms with Crippen molar-refractivity contribution in [2.45, 2.75) is 37.8 Å². The number of amides is 2. The molecule has 1 aliphatic carbocycles. The fourth-order valence-electron chi connectivity index (χ4n) is 5.25. The summed E-state index contributed by atoms with van der Waals surface area (Å²) in [6.07, 6.45) is 5.96. The average molecular weight is 507 g/mol. The zero-order valence-corrected chi connectivity index (χ0v) is 20.8. The van der Waals surface area contributed by atoms with E-state index in [4.69, 9.17) is 11.6 Å². The zero-order valence-electron chi connectivity index (χ0n) is 20.1. The van der Waals surface area contributed by atoms with E-state index in [1.807, 2.05) is 30.1 Å². The number of nitrogens with one attached hydrogen (secondary N) is 1. The van der Waals surface area contributed by atoms with Crippen LogP contribution in [0.3, 0.4) is 0 Å². The lowest BCUT2D eigenvalue weighted by Crippen LogP contribution is -2.46. The van der Waals surface area contributed by atoms with Crippen LogP contribution in [0.1, 0.15) is 57.1 Å². The number of hydrogen-bond acceptors (Lipinski definition) is 4. The van der Waals surface area contributed by atoms with Gasteiger partial charge < -0.3 is 15.1 Å². The van der Waals surface area contributed by atoms with Crippen molar-refractivity contribution in [1.29, 1.82) is 0 Å². The van der Waals surface area contributed by atoms with E-state index in [2.05, 4.69) is 10.3 Å². The van der Waals surface area contributed by atoms with Crippen molar-refractivity contribution in [3.8, 4) is 0 Å².